The smallest absolute Gasteiger partial charge is 0.138 e. The molecule has 0 aliphatic rings. The van der Waals surface area contributed by atoms with Gasteiger partial charge in [-0.3, -0.25) is 0 Å². The maximum absolute atomic E-state index is 5.91. The lowest BCUT2D eigenvalue weighted by molar-refractivity contribution is 1.13. The van der Waals surface area contributed by atoms with Crippen molar-refractivity contribution in [3.63, 3.8) is 0 Å². The Kier molecular flexibility index (Phi) is 3.41. The molecule has 82 valence electrons. The maximum atomic E-state index is 5.91. The van der Waals surface area contributed by atoms with Crippen molar-refractivity contribution < 1.29 is 0 Å². The van der Waals surface area contributed by atoms with Crippen molar-refractivity contribution in [2.75, 3.05) is 5.32 Å². The molecule has 1 heterocycles. The maximum Gasteiger partial charge on any atom is 0.138 e. The van der Waals surface area contributed by atoms with E-state index in [4.69, 9.17) is 11.6 Å². The SMILES string of the molecule is Cc1c(Cl)ncnc1Nc1ccc(Br)cc1. The summed E-state index contributed by atoms with van der Waals surface area (Å²) in [7, 11) is 0. The number of anilines is 2. The molecule has 1 aromatic heterocycles. The van der Waals surface area contributed by atoms with Crippen molar-refractivity contribution in [3.05, 3.63) is 45.8 Å². The minimum Gasteiger partial charge on any atom is -0.340 e. The third-order valence-electron chi connectivity index (χ3n) is 2.13. The predicted molar refractivity (Wildman–Crippen MR) is 69.2 cm³/mol. The third kappa shape index (κ3) is 2.51. The molecule has 0 radical (unpaired) electrons. The number of halogens is 2. The van der Waals surface area contributed by atoms with Crippen LogP contribution in [0.5, 0.6) is 0 Å². The van der Waals surface area contributed by atoms with E-state index in [1.54, 1.807) is 0 Å². The Morgan fingerprint density at radius 1 is 1.19 bits per heavy atom. The minimum atomic E-state index is 0.467. The highest BCUT2D eigenvalue weighted by Gasteiger charge is 2.04. The van der Waals surface area contributed by atoms with Gasteiger partial charge in [0.05, 0.1) is 0 Å². The molecule has 0 unspecified atom stereocenters. The summed E-state index contributed by atoms with van der Waals surface area (Å²) in [6, 6.07) is 7.83. The molecule has 2 aromatic rings. The molecule has 1 N–H and O–H groups in total. The quantitative estimate of drug-likeness (QED) is 0.853. The van der Waals surface area contributed by atoms with Crippen LogP contribution in [0, 0.1) is 6.92 Å². The zero-order valence-electron chi connectivity index (χ0n) is 8.54. The van der Waals surface area contributed by atoms with Gasteiger partial charge in [-0.1, -0.05) is 27.5 Å². The van der Waals surface area contributed by atoms with Crippen LogP contribution in [0.15, 0.2) is 35.1 Å². The van der Waals surface area contributed by atoms with Gasteiger partial charge >= 0.3 is 0 Å². The Morgan fingerprint density at radius 3 is 2.56 bits per heavy atom. The molecular weight excluding hydrogens is 289 g/mol. The van der Waals surface area contributed by atoms with Crippen LogP contribution in [-0.4, -0.2) is 9.97 Å². The van der Waals surface area contributed by atoms with E-state index in [-0.39, 0.29) is 0 Å². The second-order valence-corrected chi connectivity index (χ2v) is 4.54. The molecule has 0 saturated carbocycles. The Bertz CT molecular complexity index is 499. The largest absolute Gasteiger partial charge is 0.340 e. The van der Waals surface area contributed by atoms with E-state index < -0.39 is 0 Å². The molecule has 0 aliphatic heterocycles. The van der Waals surface area contributed by atoms with E-state index in [1.807, 2.05) is 31.2 Å². The average molecular weight is 299 g/mol. The zero-order chi connectivity index (χ0) is 11.5. The highest BCUT2D eigenvalue weighted by Crippen LogP contribution is 2.23. The first kappa shape index (κ1) is 11.4. The van der Waals surface area contributed by atoms with Crippen LogP contribution in [-0.2, 0) is 0 Å². The van der Waals surface area contributed by atoms with Crippen LogP contribution >= 0.6 is 27.5 Å². The van der Waals surface area contributed by atoms with Gasteiger partial charge in [0.1, 0.15) is 17.3 Å². The molecule has 0 aliphatic carbocycles. The van der Waals surface area contributed by atoms with E-state index in [0.717, 1.165) is 21.5 Å². The van der Waals surface area contributed by atoms with E-state index in [2.05, 4.69) is 31.2 Å². The van der Waals surface area contributed by atoms with Gasteiger partial charge in [-0.2, -0.15) is 0 Å². The number of benzene rings is 1. The molecule has 0 spiro atoms. The third-order valence-corrected chi connectivity index (χ3v) is 3.04. The monoisotopic (exact) mass is 297 g/mol. The van der Waals surface area contributed by atoms with E-state index in [0.29, 0.717) is 5.15 Å². The van der Waals surface area contributed by atoms with Crippen molar-refractivity contribution in [2.45, 2.75) is 6.92 Å². The van der Waals surface area contributed by atoms with Gasteiger partial charge in [0.25, 0.3) is 0 Å². The summed E-state index contributed by atoms with van der Waals surface area (Å²) in [5.41, 5.74) is 1.80. The fourth-order valence-electron chi connectivity index (χ4n) is 1.22. The summed E-state index contributed by atoms with van der Waals surface area (Å²) in [6.45, 7) is 1.88. The van der Waals surface area contributed by atoms with Crippen molar-refractivity contribution in [1.29, 1.82) is 0 Å². The lowest BCUT2D eigenvalue weighted by atomic mass is 10.3. The van der Waals surface area contributed by atoms with Crippen LogP contribution in [0.4, 0.5) is 11.5 Å². The zero-order valence-corrected chi connectivity index (χ0v) is 10.9. The first-order valence-corrected chi connectivity index (χ1v) is 5.83. The average Bonchev–Trinajstić information content (AvgIpc) is 2.28. The normalized spacial score (nSPS) is 10.2. The van der Waals surface area contributed by atoms with Gasteiger partial charge in [0.2, 0.25) is 0 Å². The molecular formula is C11H9BrClN3. The fraction of sp³-hybridized carbons (Fsp3) is 0.0909. The van der Waals surface area contributed by atoms with Gasteiger partial charge < -0.3 is 5.32 Å². The summed E-state index contributed by atoms with van der Waals surface area (Å²) in [6.07, 6.45) is 1.44. The van der Waals surface area contributed by atoms with Crippen molar-refractivity contribution >= 4 is 39.0 Å². The highest BCUT2D eigenvalue weighted by atomic mass is 79.9. The van der Waals surface area contributed by atoms with Crippen LogP contribution in [0.25, 0.3) is 0 Å². The van der Waals surface area contributed by atoms with Crippen molar-refractivity contribution in [2.24, 2.45) is 0 Å². The van der Waals surface area contributed by atoms with E-state index >= 15 is 0 Å². The first-order chi connectivity index (χ1) is 7.66. The summed E-state index contributed by atoms with van der Waals surface area (Å²) >= 11 is 9.29. The number of aromatic nitrogens is 2. The molecule has 0 atom stereocenters. The molecule has 0 amide bonds. The summed E-state index contributed by atoms with van der Waals surface area (Å²) in [5.74, 6) is 0.724. The van der Waals surface area contributed by atoms with Gasteiger partial charge in [-0.05, 0) is 31.2 Å². The van der Waals surface area contributed by atoms with Gasteiger partial charge in [-0.25, -0.2) is 9.97 Å². The summed E-state index contributed by atoms with van der Waals surface area (Å²) < 4.78 is 1.04. The minimum absolute atomic E-state index is 0.467. The highest BCUT2D eigenvalue weighted by molar-refractivity contribution is 9.10. The predicted octanol–water partition coefficient (Wildman–Crippen LogP) is 3.94. The van der Waals surface area contributed by atoms with Crippen LogP contribution in [0.3, 0.4) is 0 Å². The standard InChI is InChI=1S/C11H9BrClN3/c1-7-10(13)14-6-15-11(7)16-9-4-2-8(12)3-5-9/h2-6H,1H3,(H,14,15,16). The number of nitrogens with one attached hydrogen (secondary N) is 1. The van der Waals surface area contributed by atoms with Crippen LogP contribution < -0.4 is 5.32 Å². The van der Waals surface area contributed by atoms with Gasteiger partial charge in [0, 0.05) is 15.7 Å². The van der Waals surface area contributed by atoms with Crippen LogP contribution in [0.1, 0.15) is 5.56 Å². The molecule has 1 aromatic carbocycles. The molecule has 16 heavy (non-hydrogen) atoms. The van der Waals surface area contributed by atoms with Crippen molar-refractivity contribution in [3.8, 4) is 0 Å². The topological polar surface area (TPSA) is 37.8 Å². The van der Waals surface area contributed by atoms with Gasteiger partial charge in [-0.15, -0.1) is 0 Å². The molecule has 2 rings (SSSR count). The number of hydrogen-bond acceptors (Lipinski definition) is 3. The Labute approximate surface area is 107 Å². The summed E-state index contributed by atoms with van der Waals surface area (Å²) in [5, 5.41) is 3.65. The van der Waals surface area contributed by atoms with Crippen LogP contribution in [0.2, 0.25) is 5.15 Å². The molecule has 5 heteroatoms. The second kappa shape index (κ2) is 4.80. The van der Waals surface area contributed by atoms with E-state index in [9.17, 15) is 0 Å². The lowest BCUT2D eigenvalue weighted by Crippen LogP contribution is -1.97. The summed E-state index contributed by atoms with van der Waals surface area (Å²) in [4.78, 5) is 8.04. The number of nitrogens with zero attached hydrogens (tertiary/aromatic N) is 2. The van der Waals surface area contributed by atoms with Gasteiger partial charge in [0.15, 0.2) is 0 Å². The lowest BCUT2D eigenvalue weighted by Gasteiger charge is -2.08. The number of rotatable bonds is 2. The number of hydrogen-bond donors (Lipinski definition) is 1. The first-order valence-electron chi connectivity index (χ1n) is 4.66. The second-order valence-electron chi connectivity index (χ2n) is 3.27. The molecule has 0 bridgehead atoms. The molecule has 0 fully saturated rings. The Hall–Kier alpha value is -1.13. The Balaban J connectivity index is 2.27. The molecule has 0 saturated heterocycles. The van der Waals surface area contributed by atoms with E-state index in [1.165, 1.54) is 6.33 Å². The van der Waals surface area contributed by atoms with Crippen molar-refractivity contribution in [1.82, 2.24) is 9.97 Å². The Morgan fingerprint density at radius 2 is 1.88 bits per heavy atom. The fourth-order valence-corrected chi connectivity index (χ4v) is 1.62. The molecule has 3 nitrogen and oxygen atoms in total.